The summed E-state index contributed by atoms with van der Waals surface area (Å²) in [5, 5.41) is 2.58. The molecule has 1 amide bonds. The molecule has 0 aliphatic carbocycles. The van der Waals surface area contributed by atoms with Crippen LogP contribution in [0.3, 0.4) is 0 Å². The monoisotopic (exact) mass is 508 g/mol. The first-order chi connectivity index (χ1) is 17.4. The van der Waals surface area contributed by atoms with Crippen LogP contribution < -0.4 is 19.7 Å². The van der Waals surface area contributed by atoms with Crippen LogP contribution in [-0.4, -0.2) is 51.6 Å². The molecule has 1 unspecified atom stereocenters. The number of aldehydes is 1. The average molecular weight is 509 g/mol. The van der Waals surface area contributed by atoms with Gasteiger partial charge in [-0.3, -0.25) is 9.59 Å². The topological polar surface area (TPSA) is 94.2 Å². The van der Waals surface area contributed by atoms with Crippen molar-refractivity contribution in [1.29, 1.82) is 0 Å². The second kappa shape index (κ2) is 11.1. The van der Waals surface area contributed by atoms with Crippen LogP contribution in [0.25, 0.3) is 0 Å². The van der Waals surface area contributed by atoms with Crippen molar-refractivity contribution < 1.29 is 28.6 Å². The van der Waals surface area contributed by atoms with Crippen LogP contribution in [0.15, 0.2) is 66.7 Å². The van der Waals surface area contributed by atoms with Crippen LogP contribution >= 0.6 is 11.6 Å². The molecule has 36 heavy (non-hydrogen) atoms. The number of ether oxygens (including phenoxy) is 3. The second-order valence-electron chi connectivity index (χ2n) is 8.20. The molecule has 0 aromatic heterocycles. The van der Waals surface area contributed by atoms with Gasteiger partial charge in [-0.05, 0) is 29.8 Å². The van der Waals surface area contributed by atoms with E-state index in [2.05, 4.69) is 10.2 Å². The molecule has 9 heteroatoms. The van der Waals surface area contributed by atoms with E-state index in [-0.39, 0.29) is 34.6 Å². The second-order valence-corrected chi connectivity index (χ2v) is 8.58. The third kappa shape index (κ3) is 5.28. The summed E-state index contributed by atoms with van der Waals surface area (Å²) in [7, 11) is 3.19. The van der Waals surface area contributed by atoms with Gasteiger partial charge in [-0.15, -0.1) is 0 Å². The van der Waals surface area contributed by atoms with Gasteiger partial charge in [0.1, 0.15) is 29.8 Å². The summed E-state index contributed by atoms with van der Waals surface area (Å²) >= 11 is 6.44. The van der Waals surface area contributed by atoms with Crippen molar-refractivity contribution in [3.8, 4) is 11.5 Å². The summed E-state index contributed by atoms with van der Waals surface area (Å²) in [6.07, 6.45) is 0.228. The molecule has 0 saturated heterocycles. The van der Waals surface area contributed by atoms with E-state index >= 15 is 0 Å². The van der Waals surface area contributed by atoms with Gasteiger partial charge in [0.2, 0.25) is 0 Å². The maximum Gasteiger partial charge on any atom is 0.333 e. The van der Waals surface area contributed by atoms with E-state index in [0.717, 1.165) is 11.4 Å². The Morgan fingerprint density at radius 2 is 1.86 bits per heavy atom. The van der Waals surface area contributed by atoms with Crippen LogP contribution in [0.1, 0.15) is 32.3 Å². The largest absolute Gasteiger partial charge is 0.489 e. The van der Waals surface area contributed by atoms with Gasteiger partial charge >= 0.3 is 5.97 Å². The van der Waals surface area contributed by atoms with Gasteiger partial charge in [-0.2, -0.15) is 0 Å². The van der Waals surface area contributed by atoms with E-state index in [4.69, 9.17) is 25.8 Å². The van der Waals surface area contributed by atoms with Gasteiger partial charge in [0, 0.05) is 12.6 Å². The summed E-state index contributed by atoms with van der Waals surface area (Å²) in [6, 6.07) is 18.2. The van der Waals surface area contributed by atoms with Crippen molar-refractivity contribution in [2.24, 2.45) is 0 Å². The normalized spacial score (nSPS) is 15.2. The van der Waals surface area contributed by atoms with E-state index in [1.807, 2.05) is 31.3 Å². The number of hydrogen-bond donors (Lipinski definition) is 1. The van der Waals surface area contributed by atoms with Crippen LogP contribution in [0.4, 0.5) is 5.69 Å². The number of fused-ring (bicyclic) bond motifs is 1. The Kier molecular flexibility index (Phi) is 7.75. The summed E-state index contributed by atoms with van der Waals surface area (Å²) in [6.45, 7) is 0.686. The molecular formula is C27H25ClN2O6. The number of hydrogen-bond acceptors (Lipinski definition) is 7. The molecular weight excluding hydrogens is 484 g/mol. The lowest BCUT2D eigenvalue weighted by Crippen LogP contribution is -2.41. The minimum atomic E-state index is -1.08. The third-order valence-electron chi connectivity index (χ3n) is 5.81. The van der Waals surface area contributed by atoms with Crippen molar-refractivity contribution in [3.05, 3.63) is 88.4 Å². The maximum absolute atomic E-state index is 13.4. The predicted molar refractivity (Wildman–Crippen MR) is 135 cm³/mol. The number of amides is 1. The van der Waals surface area contributed by atoms with Crippen molar-refractivity contribution >= 4 is 35.5 Å². The number of benzene rings is 3. The number of nitrogens with zero attached hydrogens (tertiary/aromatic N) is 1. The van der Waals surface area contributed by atoms with Gasteiger partial charge < -0.3 is 24.4 Å². The highest BCUT2D eigenvalue weighted by Crippen LogP contribution is 2.33. The van der Waals surface area contributed by atoms with Gasteiger partial charge in [-0.25, -0.2) is 4.79 Å². The van der Waals surface area contributed by atoms with E-state index in [0.29, 0.717) is 18.4 Å². The number of esters is 1. The lowest BCUT2D eigenvalue weighted by atomic mass is 10.0. The molecule has 1 N–H and O–H groups in total. The quantitative estimate of drug-likeness (QED) is 0.362. The number of methoxy groups -OCH3 is 1. The van der Waals surface area contributed by atoms with Crippen LogP contribution in [0.2, 0.25) is 5.02 Å². The average Bonchev–Trinajstić information content (AvgIpc) is 2.90. The Bertz CT molecular complexity index is 1270. The summed E-state index contributed by atoms with van der Waals surface area (Å²) in [5.41, 5.74) is 1.56. The highest BCUT2D eigenvalue weighted by atomic mass is 35.5. The highest BCUT2D eigenvalue weighted by molar-refractivity contribution is 6.36. The van der Waals surface area contributed by atoms with Crippen molar-refractivity contribution in [3.63, 3.8) is 0 Å². The lowest BCUT2D eigenvalue weighted by molar-refractivity contribution is -0.143. The molecule has 3 aromatic carbocycles. The number of rotatable bonds is 8. The fourth-order valence-corrected chi connectivity index (χ4v) is 4.29. The van der Waals surface area contributed by atoms with Gasteiger partial charge in [0.25, 0.3) is 5.91 Å². The molecule has 0 saturated carbocycles. The van der Waals surface area contributed by atoms with Crippen molar-refractivity contribution in [2.75, 3.05) is 32.2 Å². The predicted octanol–water partition coefficient (Wildman–Crippen LogP) is 4.07. The van der Waals surface area contributed by atoms with Crippen molar-refractivity contribution in [2.45, 2.75) is 12.1 Å². The number of para-hydroxylation sites is 2. The Balaban J connectivity index is 1.58. The van der Waals surface area contributed by atoms with Crippen LogP contribution in [0.5, 0.6) is 11.5 Å². The molecule has 4 rings (SSSR count). The van der Waals surface area contributed by atoms with Crippen LogP contribution in [0, 0.1) is 0 Å². The number of nitrogens with one attached hydrogen (secondary N) is 1. The number of carbonyl (C=O) groups excluding carboxylic acids is 3. The molecule has 0 fully saturated rings. The van der Waals surface area contributed by atoms with Gasteiger partial charge in [-0.1, -0.05) is 54.1 Å². The van der Waals surface area contributed by atoms with Crippen molar-refractivity contribution in [1.82, 2.24) is 5.32 Å². The summed E-state index contributed by atoms with van der Waals surface area (Å²) in [5.74, 6) is -0.456. The first-order valence-corrected chi connectivity index (χ1v) is 11.6. The number of carbonyl (C=O) groups is 3. The third-order valence-corrected chi connectivity index (χ3v) is 6.21. The Hall–Kier alpha value is -4.04. The molecule has 0 bridgehead atoms. The fourth-order valence-electron chi connectivity index (χ4n) is 4.00. The number of anilines is 1. The smallest absolute Gasteiger partial charge is 0.333 e. The van der Waals surface area contributed by atoms with E-state index < -0.39 is 17.9 Å². The van der Waals surface area contributed by atoms with Gasteiger partial charge in [0.15, 0.2) is 12.3 Å². The molecule has 0 spiro atoms. The lowest BCUT2D eigenvalue weighted by Gasteiger charge is -2.33. The molecule has 0 radical (unpaired) electrons. The minimum Gasteiger partial charge on any atom is -0.489 e. The van der Waals surface area contributed by atoms with Gasteiger partial charge in [0.05, 0.1) is 24.4 Å². The van der Waals surface area contributed by atoms with Crippen LogP contribution in [-0.2, 0) is 9.53 Å². The minimum absolute atomic E-state index is 0.0596. The summed E-state index contributed by atoms with van der Waals surface area (Å²) in [4.78, 5) is 39.4. The Morgan fingerprint density at radius 1 is 1.14 bits per heavy atom. The SMILES string of the molecule is COC(=O)C(NC(=O)c1c(OC[C@@H]2CN(C)c3ccccc3O2)ccc(C=O)c1Cl)c1ccccc1. The first-order valence-electron chi connectivity index (χ1n) is 11.2. The summed E-state index contributed by atoms with van der Waals surface area (Å²) < 4.78 is 16.9. The van der Waals surface area contributed by atoms with E-state index in [1.54, 1.807) is 30.3 Å². The zero-order valence-corrected chi connectivity index (χ0v) is 20.5. The first kappa shape index (κ1) is 25.1. The van der Waals surface area contributed by atoms with E-state index in [9.17, 15) is 14.4 Å². The maximum atomic E-state index is 13.4. The Morgan fingerprint density at radius 3 is 2.58 bits per heavy atom. The molecule has 2 atom stereocenters. The number of halogens is 1. The molecule has 1 aliphatic rings. The molecule has 1 heterocycles. The fraction of sp³-hybridized carbons (Fsp3) is 0.222. The standard InChI is InChI=1S/C27H25ClN2O6/c1-30-14-19(36-21-11-7-6-10-20(21)30)16-35-22-13-12-18(15-31)24(28)23(22)26(32)29-25(27(33)34-2)17-8-4-3-5-9-17/h3-13,15,19,25H,14,16H2,1-2H3,(H,29,32)/t19-,25?/m0/s1. The highest BCUT2D eigenvalue weighted by Gasteiger charge is 2.29. The molecule has 8 nitrogen and oxygen atoms in total. The Labute approximate surface area is 213 Å². The molecule has 3 aromatic rings. The number of likely N-dealkylation sites (N-methyl/N-ethyl adjacent to an activating group) is 1. The van der Waals surface area contributed by atoms with E-state index in [1.165, 1.54) is 19.2 Å². The zero-order chi connectivity index (χ0) is 25.7. The zero-order valence-electron chi connectivity index (χ0n) is 19.8. The molecule has 1 aliphatic heterocycles. The molecule has 186 valence electrons.